The third-order valence-corrected chi connectivity index (χ3v) is 1.98. The van der Waals surface area contributed by atoms with Crippen LogP contribution in [0.1, 0.15) is 20.3 Å². The minimum Gasteiger partial charge on any atom is -0.328 e. The Morgan fingerprint density at radius 3 is 2.50 bits per heavy atom. The van der Waals surface area contributed by atoms with E-state index in [9.17, 15) is 4.79 Å². The standard InChI is InChI=1S/C8H13ClN2O/c1-8(2,6-10)11(3)7(12)4-5-9/h4-5H2,1-3H3. The highest BCUT2D eigenvalue weighted by atomic mass is 35.5. The number of nitrogens with zero attached hydrogens (tertiary/aromatic N) is 2. The van der Waals surface area contributed by atoms with Crippen LogP contribution in [0.15, 0.2) is 0 Å². The van der Waals surface area contributed by atoms with Crippen molar-refractivity contribution in [1.82, 2.24) is 4.90 Å². The van der Waals surface area contributed by atoms with Crippen molar-refractivity contribution in [2.75, 3.05) is 12.9 Å². The molecule has 0 saturated carbocycles. The number of nitriles is 1. The number of rotatable bonds is 3. The lowest BCUT2D eigenvalue weighted by Crippen LogP contribution is -2.43. The van der Waals surface area contributed by atoms with E-state index in [1.807, 2.05) is 6.07 Å². The molecule has 4 heteroatoms. The van der Waals surface area contributed by atoms with Crippen molar-refractivity contribution < 1.29 is 4.79 Å². The fourth-order valence-corrected chi connectivity index (χ4v) is 0.797. The number of hydrogen-bond acceptors (Lipinski definition) is 2. The molecule has 0 aromatic carbocycles. The zero-order valence-corrected chi connectivity index (χ0v) is 8.35. The largest absolute Gasteiger partial charge is 0.328 e. The molecular formula is C8H13ClN2O. The lowest BCUT2D eigenvalue weighted by Gasteiger charge is -2.28. The van der Waals surface area contributed by atoms with E-state index in [1.165, 1.54) is 4.90 Å². The highest BCUT2D eigenvalue weighted by molar-refractivity contribution is 6.18. The minimum atomic E-state index is -0.747. The molecule has 0 radical (unpaired) electrons. The fraction of sp³-hybridized carbons (Fsp3) is 0.750. The summed E-state index contributed by atoms with van der Waals surface area (Å²) in [6.07, 6.45) is 0.281. The van der Waals surface area contributed by atoms with Crippen LogP contribution in [0, 0.1) is 11.3 Å². The Morgan fingerprint density at radius 2 is 2.17 bits per heavy atom. The van der Waals surface area contributed by atoms with Crippen molar-refractivity contribution in [3.8, 4) is 6.07 Å². The van der Waals surface area contributed by atoms with Crippen LogP contribution in [-0.4, -0.2) is 29.3 Å². The maximum atomic E-state index is 11.2. The Labute approximate surface area is 77.9 Å². The summed E-state index contributed by atoms with van der Waals surface area (Å²) in [7, 11) is 1.61. The second kappa shape index (κ2) is 4.32. The predicted octanol–water partition coefficient (Wildman–Crippen LogP) is 1.38. The molecule has 0 unspecified atom stereocenters. The Kier molecular flexibility index (Phi) is 4.05. The van der Waals surface area contributed by atoms with Gasteiger partial charge < -0.3 is 4.90 Å². The fourth-order valence-electron chi connectivity index (χ4n) is 0.635. The van der Waals surface area contributed by atoms with Gasteiger partial charge in [0.25, 0.3) is 0 Å². The van der Waals surface area contributed by atoms with Crippen molar-refractivity contribution in [2.45, 2.75) is 25.8 Å². The van der Waals surface area contributed by atoms with Crippen LogP contribution in [-0.2, 0) is 4.79 Å². The Balaban J connectivity index is 4.30. The zero-order valence-electron chi connectivity index (χ0n) is 7.59. The van der Waals surface area contributed by atoms with Gasteiger partial charge in [-0.3, -0.25) is 4.79 Å². The predicted molar refractivity (Wildman–Crippen MR) is 47.8 cm³/mol. The lowest BCUT2D eigenvalue weighted by molar-refractivity contribution is -0.132. The average Bonchev–Trinajstić information content (AvgIpc) is 2.03. The summed E-state index contributed by atoms with van der Waals surface area (Å²) in [6, 6.07) is 2.04. The number of carbonyl (C=O) groups excluding carboxylic acids is 1. The summed E-state index contributed by atoms with van der Waals surface area (Å²) in [5.41, 5.74) is -0.747. The van der Waals surface area contributed by atoms with Crippen molar-refractivity contribution in [3.63, 3.8) is 0 Å². The topological polar surface area (TPSA) is 44.1 Å². The number of carbonyl (C=O) groups is 1. The number of alkyl halides is 1. The first-order valence-electron chi connectivity index (χ1n) is 3.69. The zero-order chi connectivity index (χ0) is 9.78. The summed E-state index contributed by atoms with van der Waals surface area (Å²) < 4.78 is 0. The van der Waals surface area contributed by atoms with Crippen molar-refractivity contribution >= 4 is 17.5 Å². The third kappa shape index (κ3) is 2.71. The van der Waals surface area contributed by atoms with E-state index < -0.39 is 5.54 Å². The van der Waals surface area contributed by atoms with Crippen LogP contribution >= 0.6 is 11.6 Å². The van der Waals surface area contributed by atoms with Gasteiger partial charge in [0.15, 0.2) is 0 Å². The van der Waals surface area contributed by atoms with Gasteiger partial charge in [-0.15, -0.1) is 11.6 Å². The van der Waals surface area contributed by atoms with Gasteiger partial charge in [-0.1, -0.05) is 0 Å². The summed E-state index contributed by atoms with van der Waals surface area (Å²) in [5, 5.41) is 8.70. The maximum absolute atomic E-state index is 11.2. The van der Waals surface area contributed by atoms with Crippen LogP contribution in [0.25, 0.3) is 0 Å². The van der Waals surface area contributed by atoms with Gasteiger partial charge in [0.05, 0.1) is 6.07 Å². The Morgan fingerprint density at radius 1 is 1.67 bits per heavy atom. The third-order valence-electron chi connectivity index (χ3n) is 1.79. The molecule has 0 saturated heterocycles. The van der Waals surface area contributed by atoms with Gasteiger partial charge in [-0.25, -0.2) is 0 Å². The number of amides is 1. The normalized spacial score (nSPS) is 10.6. The van der Waals surface area contributed by atoms with Gasteiger partial charge in [-0.05, 0) is 13.8 Å². The molecule has 0 fully saturated rings. The van der Waals surface area contributed by atoms with Crippen LogP contribution in [0.2, 0.25) is 0 Å². The van der Waals surface area contributed by atoms with E-state index >= 15 is 0 Å². The lowest BCUT2D eigenvalue weighted by atomic mass is 10.1. The highest BCUT2D eigenvalue weighted by Crippen LogP contribution is 2.11. The molecule has 1 amide bonds. The van der Waals surface area contributed by atoms with Crippen molar-refractivity contribution in [2.24, 2.45) is 0 Å². The molecule has 0 rings (SSSR count). The van der Waals surface area contributed by atoms with E-state index in [0.29, 0.717) is 5.88 Å². The molecule has 0 aliphatic rings. The van der Waals surface area contributed by atoms with E-state index in [-0.39, 0.29) is 12.3 Å². The van der Waals surface area contributed by atoms with E-state index in [0.717, 1.165) is 0 Å². The first-order chi connectivity index (χ1) is 5.45. The monoisotopic (exact) mass is 188 g/mol. The molecule has 0 N–H and O–H groups in total. The molecule has 0 aliphatic carbocycles. The highest BCUT2D eigenvalue weighted by Gasteiger charge is 2.26. The van der Waals surface area contributed by atoms with Crippen molar-refractivity contribution in [1.29, 1.82) is 5.26 Å². The van der Waals surface area contributed by atoms with Crippen LogP contribution in [0.5, 0.6) is 0 Å². The van der Waals surface area contributed by atoms with Crippen LogP contribution in [0.3, 0.4) is 0 Å². The summed E-state index contributed by atoms with van der Waals surface area (Å²) in [6.45, 7) is 3.39. The smallest absolute Gasteiger partial charge is 0.224 e. The summed E-state index contributed by atoms with van der Waals surface area (Å²) in [5.74, 6) is 0.196. The van der Waals surface area contributed by atoms with Crippen molar-refractivity contribution in [3.05, 3.63) is 0 Å². The quantitative estimate of drug-likeness (QED) is 0.628. The summed E-state index contributed by atoms with van der Waals surface area (Å²) >= 11 is 5.40. The molecule has 0 aromatic rings. The second-order valence-electron chi connectivity index (χ2n) is 3.06. The number of hydrogen-bond donors (Lipinski definition) is 0. The Bertz CT molecular complexity index is 208. The SMILES string of the molecule is CN(C(=O)CCCl)C(C)(C)C#N. The molecule has 0 spiro atoms. The molecule has 0 aromatic heterocycles. The van der Waals surface area contributed by atoms with Gasteiger partial charge in [-0.2, -0.15) is 5.26 Å². The van der Waals surface area contributed by atoms with Crippen LogP contribution in [0.4, 0.5) is 0 Å². The first kappa shape index (κ1) is 11.2. The molecular weight excluding hydrogens is 176 g/mol. The van der Waals surface area contributed by atoms with Gasteiger partial charge in [0, 0.05) is 19.3 Å². The molecule has 0 bridgehead atoms. The van der Waals surface area contributed by atoms with Gasteiger partial charge in [0.2, 0.25) is 5.91 Å². The maximum Gasteiger partial charge on any atom is 0.224 e. The molecule has 12 heavy (non-hydrogen) atoms. The Hall–Kier alpha value is -0.750. The molecule has 0 heterocycles. The van der Waals surface area contributed by atoms with E-state index in [1.54, 1.807) is 20.9 Å². The van der Waals surface area contributed by atoms with E-state index in [2.05, 4.69) is 0 Å². The van der Waals surface area contributed by atoms with E-state index in [4.69, 9.17) is 16.9 Å². The van der Waals surface area contributed by atoms with Gasteiger partial charge >= 0.3 is 0 Å². The van der Waals surface area contributed by atoms with Gasteiger partial charge in [0.1, 0.15) is 5.54 Å². The minimum absolute atomic E-state index is 0.100. The molecule has 0 atom stereocenters. The molecule has 0 aliphatic heterocycles. The number of halogens is 1. The average molecular weight is 189 g/mol. The summed E-state index contributed by atoms with van der Waals surface area (Å²) in [4.78, 5) is 12.7. The first-order valence-corrected chi connectivity index (χ1v) is 4.23. The molecule has 68 valence electrons. The van der Waals surface area contributed by atoms with Crippen LogP contribution < -0.4 is 0 Å². The second-order valence-corrected chi connectivity index (χ2v) is 3.44. The molecule has 3 nitrogen and oxygen atoms in total.